The quantitative estimate of drug-likeness (QED) is 0.204. The molecule has 0 aromatic heterocycles. The molecule has 0 amide bonds. The van der Waals surface area contributed by atoms with Crippen molar-refractivity contribution in [2.75, 3.05) is 32.1 Å². The molecule has 0 saturated carbocycles. The number of hydrogen-bond acceptors (Lipinski definition) is 5. The van der Waals surface area contributed by atoms with Crippen LogP contribution in [0.1, 0.15) is 32.6 Å². The summed E-state index contributed by atoms with van der Waals surface area (Å²) in [5.74, 6) is 1.21. The fourth-order valence-electron chi connectivity index (χ4n) is 4.48. The van der Waals surface area contributed by atoms with Crippen LogP contribution in [0.3, 0.4) is 0 Å². The molecule has 0 radical (unpaired) electrons. The van der Waals surface area contributed by atoms with Gasteiger partial charge in [-0.05, 0) is 54.3 Å². The maximum absolute atomic E-state index is 13.4. The molecule has 0 saturated heterocycles. The second kappa shape index (κ2) is 13.5. The molecule has 4 aromatic carbocycles. The number of ether oxygens (including phenoxy) is 2. The van der Waals surface area contributed by atoms with Crippen molar-refractivity contribution in [3.63, 3.8) is 0 Å². The van der Waals surface area contributed by atoms with Crippen molar-refractivity contribution in [3.05, 3.63) is 125 Å². The first-order valence-corrected chi connectivity index (χ1v) is 13.0. The van der Waals surface area contributed by atoms with Crippen LogP contribution >= 0.6 is 0 Å². The zero-order valence-corrected chi connectivity index (χ0v) is 22.4. The van der Waals surface area contributed by atoms with Crippen LogP contribution < -0.4 is 14.8 Å². The fourth-order valence-corrected chi connectivity index (χ4v) is 4.48. The van der Waals surface area contributed by atoms with Crippen LogP contribution in [0.5, 0.6) is 11.5 Å². The normalized spacial score (nSPS) is 10.8. The van der Waals surface area contributed by atoms with Crippen molar-refractivity contribution >= 4 is 11.5 Å². The number of methoxy groups -OCH3 is 1. The third-order valence-corrected chi connectivity index (χ3v) is 6.55. The molecular formula is C33H36N2O3. The van der Waals surface area contributed by atoms with Gasteiger partial charge in [0.2, 0.25) is 0 Å². The Morgan fingerprint density at radius 3 is 2.11 bits per heavy atom. The number of para-hydroxylation sites is 1. The third kappa shape index (κ3) is 7.46. The molecule has 5 heteroatoms. The van der Waals surface area contributed by atoms with Crippen LogP contribution in [0.15, 0.2) is 97.1 Å². The van der Waals surface area contributed by atoms with Crippen LogP contribution in [0.2, 0.25) is 0 Å². The van der Waals surface area contributed by atoms with Crippen molar-refractivity contribution in [2.45, 2.75) is 27.0 Å². The van der Waals surface area contributed by atoms with Gasteiger partial charge in [-0.15, -0.1) is 0 Å². The summed E-state index contributed by atoms with van der Waals surface area (Å²) in [5.41, 5.74) is 6.45. The Balaban J connectivity index is 1.43. The van der Waals surface area contributed by atoms with Crippen LogP contribution in [0, 0.1) is 13.8 Å². The van der Waals surface area contributed by atoms with Crippen LogP contribution in [-0.2, 0) is 13.2 Å². The number of nitrogens with zero attached hydrogens (tertiary/aromatic N) is 1. The zero-order valence-electron chi connectivity index (χ0n) is 22.4. The molecule has 4 rings (SSSR count). The summed E-state index contributed by atoms with van der Waals surface area (Å²) in [7, 11) is 1.60. The standard InChI is InChI=1S/C33H36N2O3/c1-25-11-10-12-26(2)33(25)34-19-20-35(22-27-13-6-4-7-14-27)23-30(36)29-17-18-31(32(21-29)37-3)38-24-28-15-8-5-9-16-28/h4-18,21,34H,19-20,22-24H2,1-3H3. The summed E-state index contributed by atoms with van der Waals surface area (Å²) >= 11 is 0. The van der Waals surface area contributed by atoms with E-state index in [9.17, 15) is 4.79 Å². The van der Waals surface area contributed by atoms with E-state index in [0.717, 1.165) is 24.3 Å². The molecule has 0 aliphatic rings. The highest BCUT2D eigenvalue weighted by Gasteiger charge is 2.16. The number of ketones is 1. The van der Waals surface area contributed by atoms with Gasteiger partial charge in [-0.3, -0.25) is 9.69 Å². The van der Waals surface area contributed by atoms with Crippen molar-refractivity contribution in [1.29, 1.82) is 0 Å². The maximum Gasteiger partial charge on any atom is 0.176 e. The second-order valence-electron chi connectivity index (χ2n) is 9.45. The maximum atomic E-state index is 13.4. The number of Topliss-reactive ketones (excluding diaryl/α,β-unsaturated/α-hetero) is 1. The number of hydrogen-bond donors (Lipinski definition) is 1. The van der Waals surface area contributed by atoms with Crippen LogP contribution in [0.25, 0.3) is 0 Å². The molecule has 0 heterocycles. The van der Waals surface area contributed by atoms with E-state index in [2.05, 4.69) is 54.4 Å². The van der Waals surface area contributed by atoms with E-state index in [-0.39, 0.29) is 5.78 Å². The van der Waals surface area contributed by atoms with Crippen LogP contribution in [-0.4, -0.2) is 37.4 Å². The third-order valence-electron chi connectivity index (χ3n) is 6.55. The molecule has 0 spiro atoms. The van der Waals surface area contributed by atoms with Crippen molar-refractivity contribution < 1.29 is 14.3 Å². The van der Waals surface area contributed by atoms with E-state index >= 15 is 0 Å². The first-order valence-electron chi connectivity index (χ1n) is 13.0. The second-order valence-corrected chi connectivity index (χ2v) is 9.45. The minimum Gasteiger partial charge on any atom is -0.493 e. The summed E-state index contributed by atoms with van der Waals surface area (Å²) in [4.78, 5) is 15.6. The fraction of sp³-hybridized carbons (Fsp3) is 0.242. The molecule has 196 valence electrons. The molecule has 0 aliphatic heterocycles. The van der Waals surface area contributed by atoms with E-state index in [4.69, 9.17) is 9.47 Å². The Hall–Kier alpha value is -4.09. The number of benzene rings is 4. The van der Waals surface area contributed by atoms with E-state index in [1.54, 1.807) is 13.2 Å². The van der Waals surface area contributed by atoms with Gasteiger partial charge in [0.1, 0.15) is 6.61 Å². The lowest BCUT2D eigenvalue weighted by molar-refractivity contribution is 0.0928. The molecule has 0 unspecified atom stereocenters. The largest absolute Gasteiger partial charge is 0.493 e. The highest BCUT2D eigenvalue weighted by atomic mass is 16.5. The first kappa shape index (κ1) is 27.0. The number of nitrogens with one attached hydrogen (secondary N) is 1. The van der Waals surface area contributed by atoms with Gasteiger partial charge >= 0.3 is 0 Å². The van der Waals surface area contributed by atoms with Crippen molar-refractivity contribution in [2.24, 2.45) is 0 Å². The number of carbonyl (C=O) groups is 1. The van der Waals surface area contributed by atoms with Gasteiger partial charge < -0.3 is 14.8 Å². The summed E-state index contributed by atoms with van der Waals surface area (Å²) < 4.78 is 11.5. The molecule has 0 aliphatic carbocycles. The van der Waals surface area contributed by atoms with Gasteiger partial charge in [0.05, 0.1) is 13.7 Å². The molecule has 0 bridgehead atoms. The average molecular weight is 509 g/mol. The lowest BCUT2D eigenvalue weighted by Gasteiger charge is -2.23. The number of carbonyl (C=O) groups excluding carboxylic acids is 1. The van der Waals surface area contributed by atoms with E-state index in [1.807, 2.05) is 60.7 Å². The summed E-state index contributed by atoms with van der Waals surface area (Å²) in [6.45, 7) is 7.11. The van der Waals surface area contributed by atoms with Gasteiger partial charge in [-0.1, -0.05) is 78.9 Å². The minimum absolute atomic E-state index is 0.0425. The van der Waals surface area contributed by atoms with Gasteiger partial charge in [0.25, 0.3) is 0 Å². The van der Waals surface area contributed by atoms with Crippen molar-refractivity contribution in [1.82, 2.24) is 4.90 Å². The molecule has 1 N–H and O–H groups in total. The minimum atomic E-state index is 0.0425. The summed E-state index contributed by atoms with van der Waals surface area (Å²) in [6.07, 6.45) is 0. The van der Waals surface area contributed by atoms with Gasteiger partial charge in [0.15, 0.2) is 17.3 Å². The Kier molecular flexibility index (Phi) is 9.54. The predicted molar refractivity (Wildman–Crippen MR) is 154 cm³/mol. The Bertz CT molecular complexity index is 1300. The number of rotatable bonds is 13. The highest BCUT2D eigenvalue weighted by Crippen LogP contribution is 2.29. The van der Waals surface area contributed by atoms with Gasteiger partial charge in [0, 0.05) is 30.9 Å². The Labute approximate surface area is 226 Å². The monoisotopic (exact) mass is 508 g/mol. The average Bonchev–Trinajstić information content (AvgIpc) is 2.94. The van der Waals surface area contributed by atoms with Gasteiger partial charge in [-0.2, -0.15) is 0 Å². The lowest BCUT2D eigenvalue weighted by atomic mass is 10.1. The number of aryl methyl sites for hydroxylation is 2. The molecule has 5 nitrogen and oxygen atoms in total. The SMILES string of the molecule is COc1cc(C(=O)CN(CCNc2c(C)cccc2C)Cc2ccccc2)ccc1OCc1ccccc1. The molecule has 0 atom stereocenters. The lowest BCUT2D eigenvalue weighted by Crippen LogP contribution is -2.33. The zero-order chi connectivity index (χ0) is 26.7. The smallest absolute Gasteiger partial charge is 0.176 e. The Morgan fingerprint density at radius 1 is 0.789 bits per heavy atom. The van der Waals surface area contributed by atoms with E-state index < -0.39 is 0 Å². The van der Waals surface area contributed by atoms with Crippen LogP contribution in [0.4, 0.5) is 5.69 Å². The van der Waals surface area contributed by atoms with Gasteiger partial charge in [-0.25, -0.2) is 0 Å². The predicted octanol–water partition coefficient (Wildman–Crippen LogP) is 6.69. The number of anilines is 1. The highest BCUT2D eigenvalue weighted by molar-refractivity contribution is 5.98. The summed E-state index contributed by atoms with van der Waals surface area (Å²) in [6, 6.07) is 31.9. The molecule has 4 aromatic rings. The topological polar surface area (TPSA) is 50.8 Å². The van der Waals surface area contributed by atoms with E-state index in [0.29, 0.717) is 36.8 Å². The van der Waals surface area contributed by atoms with E-state index in [1.165, 1.54) is 16.7 Å². The first-order chi connectivity index (χ1) is 18.5. The Morgan fingerprint density at radius 2 is 1.45 bits per heavy atom. The van der Waals surface area contributed by atoms with Crippen molar-refractivity contribution in [3.8, 4) is 11.5 Å². The molecule has 38 heavy (non-hydrogen) atoms. The summed E-state index contributed by atoms with van der Waals surface area (Å²) in [5, 5.41) is 3.57. The molecular weight excluding hydrogens is 472 g/mol. The molecule has 0 fully saturated rings.